The summed E-state index contributed by atoms with van der Waals surface area (Å²) >= 11 is 0. The Morgan fingerprint density at radius 1 is 1.18 bits per heavy atom. The Hall–Kier alpha value is -1.61. The molecule has 0 heterocycles. The molecule has 0 spiro atoms. The third kappa shape index (κ3) is 4.99. The molecule has 1 aromatic carbocycles. The molecular formula is C19H28N2O. The summed E-state index contributed by atoms with van der Waals surface area (Å²) in [6.07, 6.45) is 12.1. The second kappa shape index (κ2) is 8.74. The summed E-state index contributed by atoms with van der Waals surface area (Å²) in [4.78, 5) is 2.46. The van der Waals surface area contributed by atoms with Gasteiger partial charge < -0.3 is 5.21 Å². The lowest BCUT2D eigenvalue weighted by Gasteiger charge is -2.38. The van der Waals surface area contributed by atoms with Crippen LogP contribution in [0.5, 0.6) is 0 Å². The van der Waals surface area contributed by atoms with Crippen LogP contribution in [0.3, 0.4) is 0 Å². The molecule has 120 valence electrons. The van der Waals surface area contributed by atoms with Crippen molar-refractivity contribution in [3.63, 3.8) is 0 Å². The number of allylic oxidation sites excluding steroid dienone is 1. The van der Waals surface area contributed by atoms with Crippen molar-refractivity contribution >= 4 is 6.21 Å². The van der Waals surface area contributed by atoms with E-state index in [9.17, 15) is 0 Å². The summed E-state index contributed by atoms with van der Waals surface area (Å²) in [5.41, 5.74) is 1.36. The predicted octanol–water partition coefficient (Wildman–Crippen LogP) is 4.48. The van der Waals surface area contributed by atoms with Crippen molar-refractivity contribution in [3.8, 4) is 0 Å². The molecule has 0 saturated heterocycles. The molecule has 1 fully saturated rings. The van der Waals surface area contributed by atoms with Crippen molar-refractivity contribution in [2.24, 2.45) is 10.6 Å². The number of benzene rings is 1. The van der Waals surface area contributed by atoms with E-state index in [1.807, 2.05) is 0 Å². The molecule has 1 saturated carbocycles. The minimum Gasteiger partial charge on any atom is -0.411 e. The van der Waals surface area contributed by atoms with Crippen LogP contribution in [-0.4, -0.2) is 29.4 Å². The zero-order valence-corrected chi connectivity index (χ0v) is 13.6. The monoisotopic (exact) mass is 300 g/mol. The van der Waals surface area contributed by atoms with Gasteiger partial charge in [0.2, 0.25) is 0 Å². The van der Waals surface area contributed by atoms with Gasteiger partial charge in [0.15, 0.2) is 0 Å². The summed E-state index contributed by atoms with van der Waals surface area (Å²) in [5.74, 6) is 0. The predicted molar refractivity (Wildman–Crippen MR) is 92.3 cm³/mol. The van der Waals surface area contributed by atoms with Gasteiger partial charge in [-0.3, -0.25) is 4.90 Å². The van der Waals surface area contributed by atoms with Crippen LogP contribution in [0, 0.1) is 5.41 Å². The molecule has 1 aromatic rings. The van der Waals surface area contributed by atoms with Crippen molar-refractivity contribution < 1.29 is 5.21 Å². The Kier molecular flexibility index (Phi) is 6.66. The first-order chi connectivity index (χ1) is 10.8. The maximum Gasteiger partial charge on any atom is 0.0510 e. The fraction of sp³-hybridized carbons (Fsp3) is 0.526. The first kappa shape index (κ1) is 16.8. The van der Waals surface area contributed by atoms with Crippen LogP contribution in [0.1, 0.15) is 44.6 Å². The zero-order chi connectivity index (χ0) is 15.7. The quantitative estimate of drug-likeness (QED) is 0.349. The lowest BCUT2D eigenvalue weighted by Crippen LogP contribution is -2.40. The van der Waals surface area contributed by atoms with E-state index in [-0.39, 0.29) is 5.41 Å². The molecule has 1 aliphatic carbocycles. The van der Waals surface area contributed by atoms with Gasteiger partial charge in [0, 0.05) is 25.0 Å². The zero-order valence-electron chi connectivity index (χ0n) is 13.6. The minimum atomic E-state index is 0.0311. The van der Waals surface area contributed by atoms with Gasteiger partial charge in [0.05, 0.1) is 6.21 Å². The van der Waals surface area contributed by atoms with E-state index in [1.54, 1.807) is 6.21 Å². The van der Waals surface area contributed by atoms with Crippen LogP contribution >= 0.6 is 0 Å². The van der Waals surface area contributed by atoms with E-state index in [0.29, 0.717) is 0 Å². The van der Waals surface area contributed by atoms with Gasteiger partial charge in [-0.1, -0.05) is 61.7 Å². The second-order valence-corrected chi connectivity index (χ2v) is 6.39. The molecule has 0 aromatic heterocycles. The third-order valence-corrected chi connectivity index (χ3v) is 4.57. The van der Waals surface area contributed by atoms with Gasteiger partial charge in [0.1, 0.15) is 0 Å². The lowest BCUT2D eigenvalue weighted by molar-refractivity contribution is 0.167. The largest absolute Gasteiger partial charge is 0.411 e. The fourth-order valence-electron chi connectivity index (χ4n) is 3.43. The van der Waals surface area contributed by atoms with E-state index < -0.39 is 0 Å². The van der Waals surface area contributed by atoms with Crippen LogP contribution in [0.15, 0.2) is 47.6 Å². The summed E-state index contributed by atoms with van der Waals surface area (Å²) in [6, 6.07) is 10.6. The van der Waals surface area contributed by atoms with Crippen LogP contribution in [0.25, 0.3) is 0 Å². The van der Waals surface area contributed by atoms with Gasteiger partial charge in [-0.15, -0.1) is 5.16 Å². The van der Waals surface area contributed by atoms with Crippen molar-refractivity contribution in [2.75, 3.05) is 13.1 Å². The highest BCUT2D eigenvalue weighted by molar-refractivity contribution is 5.65. The van der Waals surface area contributed by atoms with Crippen LogP contribution in [0.4, 0.5) is 0 Å². The SMILES string of the molecule is C/C=C/CN(Cc1ccccc1)CC1(/C=N/O)CCCCC1. The fourth-order valence-corrected chi connectivity index (χ4v) is 3.43. The number of nitrogens with zero attached hydrogens (tertiary/aromatic N) is 2. The molecule has 3 heteroatoms. The maximum absolute atomic E-state index is 9.10. The molecule has 22 heavy (non-hydrogen) atoms. The van der Waals surface area contributed by atoms with Gasteiger partial charge in [-0.25, -0.2) is 0 Å². The second-order valence-electron chi connectivity index (χ2n) is 6.39. The lowest BCUT2D eigenvalue weighted by atomic mass is 9.74. The highest BCUT2D eigenvalue weighted by Gasteiger charge is 2.32. The van der Waals surface area contributed by atoms with E-state index in [2.05, 4.69) is 59.5 Å². The summed E-state index contributed by atoms with van der Waals surface area (Å²) in [6.45, 7) is 4.89. The highest BCUT2D eigenvalue weighted by Crippen LogP contribution is 2.35. The molecule has 1 N–H and O–H groups in total. The molecule has 0 bridgehead atoms. The first-order valence-electron chi connectivity index (χ1n) is 8.34. The van der Waals surface area contributed by atoms with Crippen molar-refractivity contribution in [3.05, 3.63) is 48.0 Å². The average Bonchev–Trinajstić information content (AvgIpc) is 2.55. The molecule has 0 radical (unpaired) electrons. The summed E-state index contributed by atoms with van der Waals surface area (Å²) < 4.78 is 0. The molecule has 0 unspecified atom stereocenters. The Bertz CT molecular complexity index is 475. The maximum atomic E-state index is 9.10. The Balaban J connectivity index is 2.09. The van der Waals surface area contributed by atoms with E-state index in [4.69, 9.17) is 5.21 Å². The van der Waals surface area contributed by atoms with Crippen LogP contribution < -0.4 is 0 Å². The molecule has 3 nitrogen and oxygen atoms in total. The van der Waals surface area contributed by atoms with Gasteiger partial charge >= 0.3 is 0 Å². The molecular weight excluding hydrogens is 272 g/mol. The number of hydrogen-bond acceptors (Lipinski definition) is 3. The highest BCUT2D eigenvalue weighted by atomic mass is 16.4. The standard InChI is InChI=1S/C19H28N2O/c1-2-3-14-21(15-18-10-6-4-7-11-18)17-19(16-20-22)12-8-5-9-13-19/h2-4,6-7,10-11,16,22H,5,8-9,12-15,17H2,1H3/b3-2+,20-16+. The minimum absolute atomic E-state index is 0.0311. The van der Waals surface area contributed by atoms with Gasteiger partial charge in [-0.2, -0.15) is 0 Å². The van der Waals surface area contributed by atoms with E-state index in [0.717, 1.165) is 32.5 Å². The topological polar surface area (TPSA) is 35.8 Å². The van der Waals surface area contributed by atoms with Gasteiger partial charge in [-0.05, 0) is 25.3 Å². The number of oxime groups is 1. The molecule has 0 amide bonds. The number of rotatable bonds is 7. The number of hydrogen-bond donors (Lipinski definition) is 1. The molecule has 0 atom stereocenters. The van der Waals surface area contributed by atoms with Crippen LogP contribution in [0.2, 0.25) is 0 Å². The normalized spacial score (nSPS) is 18.5. The third-order valence-electron chi connectivity index (χ3n) is 4.57. The molecule has 1 aliphatic rings. The van der Waals surface area contributed by atoms with Crippen molar-refractivity contribution in [1.82, 2.24) is 4.90 Å². The first-order valence-corrected chi connectivity index (χ1v) is 8.34. The van der Waals surface area contributed by atoms with E-state index in [1.165, 1.54) is 24.8 Å². The Labute approximate surface area is 134 Å². The van der Waals surface area contributed by atoms with Crippen molar-refractivity contribution in [2.45, 2.75) is 45.6 Å². The molecule has 0 aliphatic heterocycles. The Morgan fingerprint density at radius 2 is 1.91 bits per heavy atom. The van der Waals surface area contributed by atoms with Gasteiger partial charge in [0.25, 0.3) is 0 Å². The Morgan fingerprint density at radius 3 is 2.55 bits per heavy atom. The smallest absolute Gasteiger partial charge is 0.0510 e. The van der Waals surface area contributed by atoms with Crippen LogP contribution in [-0.2, 0) is 6.54 Å². The average molecular weight is 300 g/mol. The molecule has 2 rings (SSSR count). The van der Waals surface area contributed by atoms with Crippen molar-refractivity contribution in [1.29, 1.82) is 0 Å². The summed E-state index contributed by atoms with van der Waals surface area (Å²) in [7, 11) is 0. The van der Waals surface area contributed by atoms with E-state index >= 15 is 0 Å². The summed E-state index contributed by atoms with van der Waals surface area (Å²) in [5, 5.41) is 12.5.